The van der Waals surface area contributed by atoms with Crippen LogP contribution >= 0.6 is 11.6 Å². The van der Waals surface area contributed by atoms with E-state index in [4.69, 9.17) is 16.0 Å². The van der Waals surface area contributed by atoms with Crippen molar-refractivity contribution in [3.8, 4) is 11.3 Å². The summed E-state index contributed by atoms with van der Waals surface area (Å²) < 4.78 is 31.8. The molecule has 0 aliphatic heterocycles. The molecule has 0 aliphatic carbocycles. The van der Waals surface area contributed by atoms with Crippen molar-refractivity contribution in [2.45, 2.75) is 0 Å². The molecule has 0 aliphatic rings. The van der Waals surface area contributed by atoms with Crippen LogP contribution in [-0.4, -0.2) is 6.21 Å². The van der Waals surface area contributed by atoms with Gasteiger partial charge in [-0.1, -0.05) is 23.7 Å². The highest BCUT2D eigenvalue weighted by Crippen LogP contribution is 2.24. The molecular weight excluding hydrogens is 308 g/mol. The molecule has 1 heterocycles. The van der Waals surface area contributed by atoms with Crippen LogP contribution in [0.5, 0.6) is 0 Å². The van der Waals surface area contributed by atoms with Crippen molar-refractivity contribution in [1.82, 2.24) is 0 Å². The van der Waals surface area contributed by atoms with Gasteiger partial charge in [0.05, 0.1) is 16.9 Å². The van der Waals surface area contributed by atoms with E-state index in [1.54, 1.807) is 24.3 Å². The smallest absolute Gasteiger partial charge is 0.145 e. The minimum Gasteiger partial charge on any atom is -0.455 e. The van der Waals surface area contributed by atoms with E-state index < -0.39 is 5.82 Å². The van der Waals surface area contributed by atoms with Crippen molar-refractivity contribution >= 4 is 23.5 Å². The Balaban J connectivity index is 1.82. The van der Waals surface area contributed by atoms with Crippen LogP contribution in [0.1, 0.15) is 5.76 Å². The second-order valence-electron chi connectivity index (χ2n) is 4.57. The topological polar surface area (TPSA) is 25.5 Å². The van der Waals surface area contributed by atoms with Crippen molar-refractivity contribution < 1.29 is 13.2 Å². The number of benzene rings is 2. The zero-order chi connectivity index (χ0) is 15.5. The van der Waals surface area contributed by atoms with Gasteiger partial charge in [-0.25, -0.2) is 8.78 Å². The summed E-state index contributed by atoms with van der Waals surface area (Å²) >= 11 is 5.69. The first-order valence-corrected chi connectivity index (χ1v) is 6.84. The van der Waals surface area contributed by atoms with Gasteiger partial charge in [-0.3, -0.25) is 4.99 Å². The summed E-state index contributed by atoms with van der Waals surface area (Å²) in [5.41, 5.74) is 1.15. The zero-order valence-corrected chi connectivity index (χ0v) is 12.0. The maximum absolute atomic E-state index is 13.2. The number of hydrogen-bond donors (Lipinski definition) is 0. The average Bonchev–Trinajstić information content (AvgIpc) is 2.97. The number of furan rings is 1. The largest absolute Gasteiger partial charge is 0.455 e. The maximum atomic E-state index is 13.2. The van der Waals surface area contributed by atoms with Crippen molar-refractivity contribution in [3.05, 3.63) is 77.0 Å². The van der Waals surface area contributed by atoms with Crippen LogP contribution in [0.3, 0.4) is 0 Å². The molecule has 0 spiro atoms. The van der Waals surface area contributed by atoms with Crippen LogP contribution in [0.15, 0.2) is 64.0 Å². The third kappa shape index (κ3) is 3.23. The monoisotopic (exact) mass is 317 g/mol. The van der Waals surface area contributed by atoms with Gasteiger partial charge in [-0.2, -0.15) is 0 Å². The summed E-state index contributed by atoms with van der Waals surface area (Å²) in [5, 5.41) is 0.00884. The standard InChI is InChI=1S/C17H10ClF2NO/c18-15-9-13(4-6-16(15)20)21-10-14-5-7-17(22-14)11-2-1-3-12(19)8-11/h1-10H. The fourth-order valence-electron chi connectivity index (χ4n) is 1.92. The molecule has 0 N–H and O–H groups in total. The van der Waals surface area contributed by atoms with Crippen LogP contribution in [-0.2, 0) is 0 Å². The molecule has 110 valence electrons. The average molecular weight is 318 g/mol. The van der Waals surface area contributed by atoms with Gasteiger partial charge < -0.3 is 4.42 Å². The van der Waals surface area contributed by atoms with Gasteiger partial charge in [0.15, 0.2) is 0 Å². The van der Waals surface area contributed by atoms with E-state index in [-0.39, 0.29) is 10.8 Å². The van der Waals surface area contributed by atoms with Gasteiger partial charge in [0.25, 0.3) is 0 Å². The third-order valence-electron chi connectivity index (χ3n) is 2.98. The lowest BCUT2D eigenvalue weighted by Crippen LogP contribution is -1.78. The van der Waals surface area contributed by atoms with E-state index in [1.165, 1.54) is 36.5 Å². The summed E-state index contributed by atoms with van der Waals surface area (Å²) in [5.74, 6) is 0.217. The summed E-state index contributed by atoms with van der Waals surface area (Å²) in [6.45, 7) is 0. The summed E-state index contributed by atoms with van der Waals surface area (Å²) in [6, 6.07) is 13.7. The Kier molecular flexibility index (Phi) is 4.02. The zero-order valence-electron chi connectivity index (χ0n) is 11.3. The minimum atomic E-state index is -0.494. The van der Waals surface area contributed by atoms with E-state index >= 15 is 0 Å². The molecule has 0 saturated carbocycles. The quantitative estimate of drug-likeness (QED) is 0.575. The highest BCUT2D eigenvalue weighted by atomic mass is 35.5. The molecule has 0 bridgehead atoms. The molecule has 22 heavy (non-hydrogen) atoms. The van der Waals surface area contributed by atoms with E-state index in [9.17, 15) is 8.78 Å². The van der Waals surface area contributed by atoms with Crippen molar-refractivity contribution in [2.24, 2.45) is 4.99 Å². The third-order valence-corrected chi connectivity index (χ3v) is 3.27. The Morgan fingerprint density at radius 1 is 1.00 bits per heavy atom. The summed E-state index contributed by atoms with van der Waals surface area (Å²) in [6.07, 6.45) is 1.49. The second-order valence-corrected chi connectivity index (χ2v) is 4.98. The first-order chi connectivity index (χ1) is 10.6. The first kappa shape index (κ1) is 14.5. The molecule has 0 fully saturated rings. The van der Waals surface area contributed by atoms with Crippen molar-refractivity contribution in [1.29, 1.82) is 0 Å². The van der Waals surface area contributed by atoms with Crippen LogP contribution < -0.4 is 0 Å². The molecule has 3 aromatic rings. The first-order valence-electron chi connectivity index (χ1n) is 6.47. The minimum absolute atomic E-state index is 0.00884. The lowest BCUT2D eigenvalue weighted by molar-refractivity contribution is 0.573. The predicted molar refractivity (Wildman–Crippen MR) is 82.8 cm³/mol. The van der Waals surface area contributed by atoms with Crippen LogP contribution in [0.2, 0.25) is 5.02 Å². The fourth-order valence-corrected chi connectivity index (χ4v) is 2.10. The SMILES string of the molecule is Fc1cccc(-c2ccc(C=Nc3ccc(F)c(Cl)c3)o2)c1. The normalized spacial score (nSPS) is 11.2. The van der Waals surface area contributed by atoms with Crippen molar-refractivity contribution in [3.63, 3.8) is 0 Å². The molecule has 2 nitrogen and oxygen atoms in total. The molecule has 2 aromatic carbocycles. The van der Waals surface area contributed by atoms with Gasteiger partial charge in [0, 0.05) is 5.56 Å². The summed E-state index contributed by atoms with van der Waals surface area (Å²) in [4.78, 5) is 4.16. The number of halogens is 3. The number of nitrogens with zero attached hydrogens (tertiary/aromatic N) is 1. The highest BCUT2D eigenvalue weighted by Gasteiger charge is 2.05. The Bertz CT molecular complexity index is 842. The van der Waals surface area contributed by atoms with Gasteiger partial charge in [0.2, 0.25) is 0 Å². The van der Waals surface area contributed by atoms with Gasteiger partial charge in [-0.05, 0) is 42.5 Å². The van der Waals surface area contributed by atoms with E-state index in [0.717, 1.165) is 0 Å². The predicted octanol–water partition coefficient (Wildman–Crippen LogP) is 5.63. The molecule has 0 unspecified atom stereocenters. The second kappa shape index (κ2) is 6.12. The molecule has 3 rings (SSSR count). The van der Waals surface area contributed by atoms with Crippen molar-refractivity contribution in [2.75, 3.05) is 0 Å². The molecule has 5 heteroatoms. The van der Waals surface area contributed by atoms with E-state index in [2.05, 4.69) is 4.99 Å². The Hall–Kier alpha value is -2.46. The summed E-state index contributed by atoms with van der Waals surface area (Å²) in [7, 11) is 0. The molecule has 0 atom stereocenters. The van der Waals surface area contributed by atoms with Gasteiger partial charge in [-0.15, -0.1) is 0 Å². The van der Waals surface area contributed by atoms with E-state index in [1.807, 2.05) is 0 Å². The fraction of sp³-hybridized carbons (Fsp3) is 0. The molecule has 0 saturated heterocycles. The Labute approximate surface area is 130 Å². The highest BCUT2D eigenvalue weighted by molar-refractivity contribution is 6.31. The maximum Gasteiger partial charge on any atom is 0.145 e. The molecule has 1 aromatic heterocycles. The van der Waals surface area contributed by atoms with Crippen LogP contribution in [0.25, 0.3) is 11.3 Å². The number of rotatable bonds is 3. The van der Waals surface area contributed by atoms with Crippen LogP contribution in [0.4, 0.5) is 14.5 Å². The van der Waals surface area contributed by atoms with Crippen LogP contribution in [0, 0.1) is 11.6 Å². The number of aliphatic imine (C=N–C) groups is 1. The Morgan fingerprint density at radius 3 is 2.64 bits per heavy atom. The van der Waals surface area contributed by atoms with Gasteiger partial charge in [0.1, 0.15) is 23.2 Å². The lowest BCUT2D eigenvalue weighted by atomic mass is 10.2. The molecular formula is C17H10ClF2NO. The molecule has 0 amide bonds. The van der Waals surface area contributed by atoms with E-state index in [0.29, 0.717) is 22.8 Å². The lowest BCUT2D eigenvalue weighted by Gasteiger charge is -1.97. The van der Waals surface area contributed by atoms with Gasteiger partial charge >= 0.3 is 0 Å². The molecule has 0 radical (unpaired) electrons. The Morgan fingerprint density at radius 2 is 1.86 bits per heavy atom. The number of hydrogen-bond acceptors (Lipinski definition) is 2.